The molecule has 22 heavy (non-hydrogen) atoms. The summed E-state index contributed by atoms with van der Waals surface area (Å²) in [5.41, 5.74) is 2.73. The molecule has 110 valence electrons. The van der Waals surface area contributed by atoms with E-state index in [0.717, 1.165) is 22.7 Å². The van der Waals surface area contributed by atoms with Crippen LogP contribution in [-0.4, -0.2) is 16.6 Å². The number of hydrogen-bond acceptors (Lipinski definition) is 2. The van der Waals surface area contributed by atoms with Crippen LogP contribution in [-0.2, 0) is 6.54 Å². The first-order chi connectivity index (χ1) is 10.8. The van der Waals surface area contributed by atoms with E-state index in [-0.39, 0.29) is 5.78 Å². The van der Waals surface area contributed by atoms with Crippen LogP contribution >= 0.6 is 11.8 Å². The number of benzene rings is 2. The molecule has 0 fully saturated rings. The maximum absolute atomic E-state index is 12.7. The lowest BCUT2D eigenvalue weighted by Gasteiger charge is -2.09. The lowest BCUT2D eigenvalue weighted by atomic mass is 10.1. The van der Waals surface area contributed by atoms with Crippen molar-refractivity contribution < 1.29 is 4.79 Å². The lowest BCUT2D eigenvalue weighted by molar-refractivity contribution is 0.103. The van der Waals surface area contributed by atoms with Gasteiger partial charge < -0.3 is 4.57 Å². The smallest absolute Gasteiger partial charge is 0.195 e. The first-order valence-corrected chi connectivity index (χ1v) is 8.39. The normalized spacial score (nSPS) is 10.6. The summed E-state index contributed by atoms with van der Waals surface area (Å²) < 4.78 is 2.14. The van der Waals surface area contributed by atoms with E-state index in [4.69, 9.17) is 0 Å². The van der Waals surface area contributed by atoms with E-state index in [2.05, 4.69) is 16.7 Å². The average molecular weight is 307 g/mol. The number of nitrogens with zero attached hydrogens (tertiary/aromatic N) is 1. The van der Waals surface area contributed by atoms with Crippen molar-refractivity contribution >= 4 is 17.5 Å². The van der Waals surface area contributed by atoms with Gasteiger partial charge in [-0.1, -0.05) is 60.7 Å². The minimum Gasteiger partial charge on any atom is -0.338 e. The fourth-order valence-corrected chi connectivity index (χ4v) is 3.25. The van der Waals surface area contributed by atoms with Crippen molar-refractivity contribution in [3.63, 3.8) is 0 Å². The van der Waals surface area contributed by atoms with E-state index in [0.29, 0.717) is 0 Å². The molecule has 3 aromatic rings. The van der Waals surface area contributed by atoms with E-state index < -0.39 is 0 Å². The summed E-state index contributed by atoms with van der Waals surface area (Å²) in [4.78, 5) is 12.7. The monoisotopic (exact) mass is 307 g/mol. The summed E-state index contributed by atoms with van der Waals surface area (Å²) in [7, 11) is 0. The Balaban J connectivity index is 1.92. The highest BCUT2D eigenvalue weighted by Gasteiger charge is 2.17. The predicted molar refractivity (Wildman–Crippen MR) is 91.6 cm³/mol. The molecule has 3 heteroatoms. The molecular formula is C19H17NOS. The molecular weight excluding hydrogens is 290 g/mol. The van der Waals surface area contributed by atoms with E-state index in [9.17, 15) is 4.79 Å². The maximum Gasteiger partial charge on any atom is 0.195 e. The third-order valence-electron chi connectivity index (χ3n) is 3.58. The fraction of sp³-hybridized carbons (Fsp3) is 0.105. The highest BCUT2D eigenvalue weighted by atomic mass is 32.2. The molecule has 1 aromatic heterocycles. The Morgan fingerprint density at radius 2 is 1.59 bits per heavy atom. The maximum atomic E-state index is 12.7. The van der Waals surface area contributed by atoms with Gasteiger partial charge in [-0.3, -0.25) is 4.79 Å². The van der Waals surface area contributed by atoms with Crippen LogP contribution in [0.4, 0.5) is 0 Å². The number of hydrogen-bond donors (Lipinski definition) is 0. The third-order valence-corrected chi connectivity index (χ3v) is 4.42. The summed E-state index contributed by atoms with van der Waals surface area (Å²) >= 11 is 1.61. The first-order valence-electron chi connectivity index (χ1n) is 7.16. The third kappa shape index (κ3) is 3.00. The SMILES string of the molecule is CSc1c(C(=O)c2ccccc2)ccn1Cc1ccccc1. The Labute approximate surface area is 134 Å². The van der Waals surface area contributed by atoms with Crippen LogP contribution in [0, 0.1) is 0 Å². The highest BCUT2D eigenvalue weighted by Crippen LogP contribution is 2.25. The van der Waals surface area contributed by atoms with Crippen molar-refractivity contribution in [3.05, 3.63) is 89.6 Å². The molecule has 0 bridgehead atoms. The predicted octanol–water partition coefficient (Wildman–Crippen LogP) is 4.49. The molecule has 2 aromatic carbocycles. The van der Waals surface area contributed by atoms with Crippen LogP contribution in [0.25, 0.3) is 0 Å². The van der Waals surface area contributed by atoms with Gasteiger partial charge in [-0.25, -0.2) is 0 Å². The molecule has 3 rings (SSSR count). The molecule has 0 atom stereocenters. The number of aromatic nitrogens is 1. The van der Waals surface area contributed by atoms with Gasteiger partial charge >= 0.3 is 0 Å². The molecule has 0 amide bonds. The van der Waals surface area contributed by atoms with Gasteiger partial charge in [0, 0.05) is 18.3 Å². The first kappa shape index (κ1) is 14.7. The van der Waals surface area contributed by atoms with E-state index in [1.165, 1.54) is 5.56 Å². The zero-order chi connectivity index (χ0) is 15.4. The van der Waals surface area contributed by atoms with Gasteiger partial charge in [-0.05, 0) is 17.9 Å². The Morgan fingerprint density at radius 1 is 0.955 bits per heavy atom. The molecule has 2 nitrogen and oxygen atoms in total. The van der Waals surface area contributed by atoms with Crippen molar-refractivity contribution in [1.29, 1.82) is 0 Å². The van der Waals surface area contributed by atoms with E-state index in [1.807, 2.05) is 67.0 Å². The van der Waals surface area contributed by atoms with Crippen LogP contribution in [0.15, 0.2) is 78.0 Å². The molecule has 0 spiro atoms. The number of ketones is 1. The minimum atomic E-state index is 0.0803. The van der Waals surface area contributed by atoms with Crippen molar-refractivity contribution in [2.24, 2.45) is 0 Å². The Morgan fingerprint density at radius 3 is 2.23 bits per heavy atom. The summed E-state index contributed by atoms with van der Waals surface area (Å²) in [5.74, 6) is 0.0803. The quantitative estimate of drug-likeness (QED) is 0.512. The van der Waals surface area contributed by atoms with Gasteiger partial charge in [0.15, 0.2) is 5.78 Å². The van der Waals surface area contributed by atoms with Crippen LogP contribution in [0.5, 0.6) is 0 Å². The molecule has 0 saturated carbocycles. The molecule has 0 aliphatic carbocycles. The second kappa shape index (κ2) is 6.67. The lowest BCUT2D eigenvalue weighted by Crippen LogP contribution is -2.05. The van der Waals surface area contributed by atoms with Gasteiger partial charge in [0.25, 0.3) is 0 Å². The Bertz CT molecular complexity index is 763. The summed E-state index contributed by atoms with van der Waals surface area (Å²) in [5, 5.41) is 1.01. The van der Waals surface area contributed by atoms with Crippen molar-refractivity contribution in [2.45, 2.75) is 11.6 Å². The zero-order valence-corrected chi connectivity index (χ0v) is 13.2. The molecule has 0 aliphatic heterocycles. The van der Waals surface area contributed by atoms with Gasteiger partial charge in [0.05, 0.1) is 10.6 Å². The van der Waals surface area contributed by atoms with Crippen LogP contribution in [0.3, 0.4) is 0 Å². The summed E-state index contributed by atoms with van der Waals surface area (Å²) in [6, 6.07) is 21.6. The summed E-state index contributed by atoms with van der Waals surface area (Å²) in [6.45, 7) is 0.777. The zero-order valence-electron chi connectivity index (χ0n) is 12.4. The summed E-state index contributed by atoms with van der Waals surface area (Å²) in [6.07, 6.45) is 4.01. The number of rotatable bonds is 5. The largest absolute Gasteiger partial charge is 0.338 e. The molecule has 0 saturated heterocycles. The average Bonchev–Trinajstić information content (AvgIpc) is 2.98. The second-order valence-corrected chi connectivity index (χ2v) is 5.84. The van der Waals surface area contributed by atoms with Gasteiger partial charge in [0.1, 0.15) is 0 Å². The molecule has 0 radical (unpaired) electrons. The van der Waals surface area contributed by atoms with Crippen LogP contribution in [0.1, 0.15) is 21.5 Å². The second-order valence-electron chi connectivity index (χ2n) is 5.05. The standard InChI is InChI=1S/C19H17NOS/c1-22-19-17(18(21)16-10-6-3-7-11-16)12-13-20(19)14-15-8-4-2-5-9-15/h2-13H,14H2,1H3. The number of thioether (sulfide) groups is 1. The van der Waals surface area contributed by atoms with Crippen molar-refractivity contribution in [2.75, 3.05) is 6.26 Å². The van der Waals surface area contributed by atoms with Crippen molar-refractivity contribution in [3.8, 4) is 0 Å². The topological polar surface area (TPSA) is 22.0 Å². The van der Waals surface area contributed by atoms with Crippen molar-refractivity contribution in [1.82, 2.24) is 4.57 Å². The van der Waals surface area contributed by atoms with Gasteiger partial charge in [0.2, 0.25) is 0 Å². The molecule has 0 unspecified atom stereocenters. The Hall–Kier alpha value is -2.26. The van der Waals surface area contributed by atoms with Gasteiger partial charge in [-0.2, -0.15) is 0 Å². The van der Waals surface area contributed by atoms with Crippen LogP contribution in [0.2, 0.25) is 0 Å². The van der Waals surface area contributed by atoms with E-state index >= 15 is 0 Å². The molecule has 0 aliphatic rings. The van der Waals surface area contributed by atoms with Gasteiger partial charge in [-0.15, -0.1) is 11.8 Å². The minimum absolute atomic E-state index is 0.0803. The Kier molecular flexibility index (Phi) is 4.45. The highest BCUT2D eigenvalue weighted by molar-refractivity contribution is 7.98. The number of carbonyl (C=O) groups is 1. The van der Waals surface area contributed by atoms with Crippen LogP contribution < -0.4 is 0 Å². The van der Waals surface area contributed by atoms with E-state index in [1.54, 1.807) is 11.8 Å². The fourth-order valence-electron chi connectivity index (χ4n) is 2.51. The number of carbonyl (C=O) groups excluding carboxylic acids is 1. The molecule has 0 N–H and O–H groups in total. The molecule has 1 heterocycles.